The van der Waals surface area contributed by atoms with Gasteiger partial charge in [-0.2, -0.15) is 5.10 Å². The van der Waals surface area contributed by atoms with Gasteiger partial charge in [-0.15, -0.1) is 11.3 Å². The van der Waals surface area contributed by atoms with Crippen LogP contribution in [0.25, 0.3) is 0 Å². The molecule has 5 rings (SSSR count). The summed E-state index contributed by atoms with van der Waals surface area (Å²) in [6.45, 7) is 14.4. The molecule has 0 saturated carbocycles. The fourth-order valence-corrected chi connectivity index (χ4v) is 5.40. The van der Waals surface area contributed by atoms with Crippen molar-refractivity contribution in [3.63, 3.8) is 0 Å². The molecule has 1 aromatic carbocycles. The number of rotatable bonds is 3. The Morgan fingerprint density at radius 2 is 1.79 bits per heavy atom. The minimum Gasteiger partial charge on any atom is -0.477 e. The molecule has 4 heterocycles. The van der Waals surface area contributed by atoms with Crippen molar-refractivity contribution in [1.29, 1.82) is 0 Å². The number of nitrogens with zero attached hydrogens (tertiary/aromatic N) is 3. The number of halogens is 1. The van der Waals surface area contributed by atoms with Crippen LogP contribution in [0.15, 0.2) is 46.8 Å². The van der Waals surface area contributed by atoms with Gasteiger partial charge in [0.1, 0.15) is 23.3 Å². The quantitative estimate of drug-likeness (QED) is 0.543. The standard InChI is InChI=1S/C21H22ClN5OS.2C2H6/c1-11-12(2)29-21-18(11)19(14-4-6-15(22)7-5-14)24-16(10-17-23-8-9-28-17)20-26-25-13(3)27(20)21;2*1-2/h4-9,16-17,20,23,26H,10H2,1-3H3;2*1-2H3. The van der Waals surface area contributed by atoms with E-state index in [1.165, 1.54) is 21.0 Å². The van der Waals surface area contributed by atoms with E-state index in [2.05, 4.69) is 34.6 Å². The lowest BCUT2D eigenvalue weighted by atomic mass is 9.99. The van der Waals surface area contributed by atoms with E-state index in [9.17, 15) is 0 Å². The van der Waals surface area contributed by atoms with E-state index < -0.39 is 0 Å². The molecule has 3 atom stereocenters. The Morgan fingerprint density at radius 1 is 1.09 bits per heavy atom. The maximum atomic E-state index is 6.15. The first-order valence-corrected chi connectivity index (χ1v) is 12.8. The Morgan fingerprint density at radius 3 is 2.42 bits per heavy atom. The minimum absolute atomic E-state index is 0.0537. The molecule has 0 radical (unpaired) electrons. The van der Waals surface area contributed by atoms with E-state index in [0.29, 0.717) is 6.42 Å². The van der Waals surface area contributed by atoms with Crippen molar-refractivity contribution in [1.82, 2.24) is 10.7 Å². The third-order valence-corrected chi connectivity index (χ3v) is 7.09. The molecular formula is C25H34ClN5OS. The molecule has 2 aromatic rings. The second kappa shape index (κ2) is 11.1. The van der Waals surface area contributed by atoms with E-state index in [4.69, 9.17) is 21.3 Å². The largest absolute Gasteiger partial charge is 0.477 e. The number of hydrogen-bond acceptors (Lipinski definition) is 7. The third kappa shape index (κ3) is 4.89. The number of hydrogen-bond donors (Lipinski definition) is 2. The second-order valence-corrected chi connectivity index (χ2v) is 9.09. The smallest absolute Gasteiger partial charge is 0.171 e. The van der Waals surface area contributed by atoms with Crippen LogP contribution in [0.5, 0.6) is 0 Å². The number of aryl methyl sites for hydroxylation is 1. The lowest BCUT2D eigenvalue weighted by Gasteiger charge is -2.29. The second-order valence-electron chi connectivity index (χ2n) is 7.45. The van der Waals surface area contributed by atoms with Crippen molar-refractivity contribution in [3.05, 3.63) is 63.3 Å². The van der Waals surface area contributed by atoms with Gasteiger partial charge in [0.05, 0.1) is 11.8 Å². The molecule has 178 valence electrons. The number of aliphatic imine (C=N–C) groups is 1. The molecule has 0 spiro atoms. The summed E-state index contributed by atoms with van der Waals surface area (Å²) in [6.07, 6.45) is 4.09. The molecule has 2 N–H and O–H groups in total. The van der Waals surface area contributed by atoms with Gasteiger partial charge in [0, 0.05) is 33.6 Å². The van der Waals surface area contributed by atoms with E-state index in [-0.39, 0.29) is 18.4 Å². The minimum atomic E-state index is -0.0984. The summed E-state index contributed by atoms with van der Waals surface area (Å²) in [4.78, 5) is 8.87. The zero-order valence-corrected chi connectivity index (χ0v) is 22.0. The predicted molar refractivity (Wildman–Crippen MR) is 142 cm³/mol. The van der Waals surface area contributed by atoms with E-state index in [1.54, 1.807) is 17.6 Å². The number of nitrogens with one attached hydrogen (secondary N) is 2. The number of benzene rings is 1. The van der Waals surface area contributed by atoms with Crippen molar-refractivity contribution in [3.8, 4) is 0 Å². The van der Waals surface area contributed by atoms with Gasteiger partial charge in [0.15, 0.2) is 6.23 Å². The van der Waals surface area contributed by atoms with Crippen molar-refractivity contribution in [2.24, 2.45) is 10.1 Å². The molecule has 0 bridgehead atoms. The van der Waals surface area contributed by atoms with Crippen LogP contribution in [0.4, 0.5) is 5.00 Å². The lowest BCUT2D eigenvalue weighted by Crippen LogP contribution is -2.48. The van der Waals surface area contributed by atoms with Crippen LogP contribution in [0.3, 0.4) is 0 Å². The van der Waals surface area contributed by atoms with Crippen LogP contribution >= 0.6 is 22.9 Å². The molecular weight excluding hydrogens is 454 g/mol. The van der Waals surface area contributed by atoms with Crippen LogP contribution in [-0.2, 0) is 4.74 Å². The Hall–Kier alpha value is -2.51. The van der Waals surface area contributed by atoms with Gasteiger partial charge in [-0.05, 0) is 38.5 Å². The van der Waals surface area contributed by atoms with Crippen LogP contribution in [-0.4, -0.2) is 30.0 Å². The van der Waals surface area contributed by atoms with Crippen LogP contribution in [0.2, 0.25) is 5.02 Å². The SMILES string of the molecule is CC.CC.CC1=NNC2C(CC3NC=CO3)N=C(c3ccc(Cl)cc3)c3c(sc(C)c3C)N12. The zero-order valence-electron chi connectivity index (χ0n) is 20.4. The number of thiophene rings is 1. The highest BCUT2D eigenvalue weighted by Gasteiger charge is 2.41. The Labute approximate surface area is 206 Å². The van der Waals surface area contributed by atoms with Gasteiger partial charge in [-0.3, -0.25) is 15.3 Å². The highest BCUT2D eigenvalue weighted by molar-refractivity contribution is 7.17. The maximum absolute atomic E-state index is 6.15. The van der Waals surface area contributed by atoms with Crippen LogP contribution < -0.4 is 15.6 Å². The van der Waals surface area contributed by atoms with Crippen molar-refractivity contribution in [2.75, 3.05) is 4.90 Å². The third-order valence-electron chi connectivity index (χ3n) is 5.63. The average Bonchev–Trinajstić information content (AvgIpc) is 3.53. The first kappa shape index (κ1) is 25.1. The number of ether oxygens (including phenoxy) is 1. The normalized spacial score (nSPS) is 22.1. The predicted octanol–water partition coefficient (Wildman–Crippen LogP) is 6.17. The number of hydrazone groups is 1. The fourth-order valence-electron chi connectivity index (χ4n) is 4.03. The summed E-state index contributed by atoms with van der Waals surface area (Å²) < 4.78 is 5.67. The molecule has 3 aliphatic heterocycles. The van der Waals surface area contributed by atoms with Crippen molar-refractivity contribution >= 4 is 39.5 Å². The molecule has 1 aromatic heterocycles. The van der Waals surface area contributed by atoms with E-state index in [1.807, 2.05) is 65.1 Å². The van der Waals surface area contributed by atoms with Gasteiger partial charge >= 0.3 is 0 Å². The summed E-state index contributed by atoms with van der Waals surface area (Å²) in [5, 5.41) is 9.68. The fraction of sp³-hybridized carbons (Fsp3) is 0.440. The van der Waals surface area contributed by atoms with Crippen molar-refractivity contribution < 1.29 is 4.74 Å². The maximum Gasteiger partial charge on any atom is 0.171 e. The summed E-state index contributed by atoms with van der Waals surface area (Å²) in [5.74, 6) is 0.952. The highest BCUT2D eigenvalue weighted by atomic mass is 35.5. The van der Waals surface area contributed by atoms with Crippen molar-refractivity contribution in [2.45, 2.75) is 73.3 Å². The van der Waals surface area contributed by atoms with Crippen LogP contribution in [0, 0.1) is 13.8 Å². The molecule has 6 nitrogen and oxygen atoms in total. The summed E-state index contributed by atoms with van der Waals surface area (Å²) in [6, 6.07) is 7.88. The Kier molecular flexibility index (Phi) is 8.43. The monoisotopic (exact) mass is 487 g/mol. The summed E-state index contributed by atoms with van der Waals surface area (Å²) in [5.41, 5.74) is 7.81. The summed E-state index contributed by atoms with van der Waals surface area (Å²) in [7, 11) is 0. The molecule has 3 aliphatic rings. The number of fused-ring (bicyclic) bond motifs is 3. The molecule has 3 unspecified atom stereocenters. The number of anilines is 1. The van der Waals surface area contributed by atoms with Gasteiger partial charge in [0.2, 0.25) is 0 Å². The Bertz CT molecular complexity index is 1040. The molecule has 0 fully saturated rings. The van der Waals surface area contributed by atoms with Gasteiger partial charge in [-0.1, -0.05) is 51.4 Å². The van der Waals surface area contributed by atoms with E-state index in [0.717, 1.165) is 22.1 Å². The molecule has 8 heteroatoms. The molecule has 0 amide bonds. The molecule has 33 heavy (non-hydrogen) atoms. The molecule has 0 saturated heterocycles. The van der Waals surface area contributed by atoms with Gasteiger partial charge < -0.3 is 10.1 Å². The van der Waals surface area contributed by atoms with Gasteiger partial charge in [0.25, 0.3) is 0 Å². The van der Waals surface area contributed by atoms with Crippen LogP contribution in [0.1, 0.15) is 62.6 Å². The first-order chi connectivity index (χ1) is 16.0. The summed E-state index contributed by atoms with van der Waals surface area (Å²) >= 11 is 7.95. The topological polar surface area (TPSA) is 61.3 Å². The Balaban J connectivity index is 0.000000728. The zero-order chi connectivity index (χ0) is 24.1. The first-order valence-electron chi connectivity index (χ1n) is 11.6. The number of amidine groups is 1. The van der Waals surface area contributed by atoms with E-state index >= 15 is 0 Å². The highest BCUT2D eigenvalue weighted by Crippen LogP contribution is 2.42. The lowest BCUT2D eigenvalue weighted by molar-refractivity contribution is 0.130. The molecule has 0 aliphatic carbocycles. The average molecular weight is 488 g/mol. The van der Waals surface area contributed by atoms with Gasteiger partial charge in [-0.25, -0.2) is 0 Å².